The maximum absolute atomic E-state index is 14.5. The van der Waals surface area contributed by atoms with E-state index in [0.29, 0.717) is 32.6 Å². The van der Waals surface area contributed by atoms with E-state index in [9.17, 15) is 19.5 Å². The fraction of sp³-hybridized carbons (Fsp3) is 0.606. The van der Waals surface area contributed by atoms with Crippen molar-refractivity contribution in [1.29, 1.82) is 0 Å². The van der Waals surface area contributed by atoms with Crippen LogP contribution in [0.4, 0.5) is 0 Å². The Morgan fingerprint density at radius 2 is 1.80 bits per heavy atom. The van der Waals surface area contributed by atoms with Gasteiger partial charge in [-0.15, -0.1) is 24.9 Å². The molecule has 41 heavy (non-hydrogen) atoms. The molecule has 0 aromatic heterocycles. The van der Waals surface area contributed by atoms with E-state index in [4.69, 9.17) is 0 Å². The smallest absolute Gasteiger partial charge is 0.247 e. The number of hydrogen-bond acceptors (Lipinski definition) is 5. The van der Waals surface area contributed by atoms with Crippen LogP contribution in [0.25, 0.3) is 0 Å². The zero-order chi connectivity index (χ0) is 29.7. The van der Waals surface area contributed by atoms with Gasteiger partial charge in [-0.25, -0.2) is 0 Å². The first kappa shape index (κ1) is 31.4. The van der Waals surface area contributed by atoms with Gasteiger partial charge in [-0.3, -0.25) is 14.4 Å². The minimum atomic E-state index is -0.712. The van der Waals surface area contributed by atoms with Gasteiger partial charge in [-0.1, -0.05) is 76.1 Å². The maximum Gasteiger partial charge on any atom is 0.247 e. The average molecular weight is 582 g/mol. The molecule has 3 amide bonds. The van der Waals surface area contributed by atoms with E-state index < -0.39 is 28.7 Å². The van der Waals surface area contributed by atoms with Crippen molar-refractivity contribution < 1.29 is 19.5 Å². The monoisotopic (exact) mass is 581 g/mol. The van der Waals surface area contributed by atoms with E-state index in [0.717, 1.165) is 31.2 Å². The molecule has 3 saturated heterocycles. The van der Waals surface area contributed by atoms with Crippen LogP contribution in [0.15, 0.2) is 55.6 Å². The van der Waals surface area contributed by atoms with Crippen LogP contribution in [-0.4, -0.2) is 85.8 Å². The molecule has 2 bridgehead atoms. The first-order chi connectivity index (χ1) is 19.7. The molecule has 3 aliphatic heterocycles. The van der Waals surface area contributed by atoms with Crippen LogP contribution >= 0.6 is 11.8 Å². The van der Waals surface area contributed by atoms with Crippen LogP contribution in [-0.2, 0) is 20.9 Å². The van der Waals surface area contributed by atoms with Gasteiger partial charge in [0.25, 0.3) is 0 Å². The summed E-state index contributed by atoms with van der Waals surface area (Å²) < 4.78 is -0.682. The second kappa shape index (κ2) is 13.6. The summed E-state index contributed by atoms with van der Waals surface area (Å²) >= 11 is 1.68. The molecule has 3 heterocycles. The molecule has 1 N–H and O–H groups in total. The van der Waals surface area contributed by atoms with Crippen molar-refractivity contribution in [3.8, 4) is 0 Å². The van der Waals surface area contributed by atoms with Crippen molar-refractivity contribution in [2.45, 2.75) is 81.5 Å². The van der Waals surface area contributed by atoms with Crippen LogP contribution in [0.5, 0.6) is 0 Å². The largest absolute Gasteiger partial charge is 0.394 e. The van der Waals surface area contributed by atoms with Gasteiger partial charge in [0.15, 0.2) is 0 Å². The van der Waals surface area contributed by atoms with E-state index in [2.05, 4.69) is 20.1 Å². The zero-order valence-electron chi connectivity index (χ0n) is 24.9. The van der Waals surface area contributed by atoms with Gasteiger partial charge in [0.2, 0.25) is 17.7 Å². The van der Waals surface area contributed by atoms with E-state index >= 15 is 0 Å². The fourth-order valence-corrected chi connectivity index (χ4v) is 9.40. The molecule has 0 radical (unpaired) electrons. The van der Waals surface area contributed by atoms with E-state index in [-0.39, 0.29) is 35.5 Å². The minimum absolute atomic E-state index is 0.0171. The number of benzene rings is 1. The third kappa shape index (κ3) is 5.87. The highest BCUT2D eigenvalue weighted by atomic mass is 32.2. The van der Waals surface area contributed by atoms with Crippen molar-refractivity contribution in [1.82, 2.24) is 14.7 Å². The predicted molar refractivity (Wildman–Crippen MR) is 165 cm³/mol. The minimum Gasteiger partial charge on any atom is -0.394 e. The Bertz CT molecular complexity index is 1110. The number of aliphatic hydroxyl groups excluding tert-OH is 1. The number of nitrogens with zero attached hydrogens (tertiary/aromatic N) is 3. The molecule has 6 atom stereocenters. The highest BCUT2D eigenvalue weighted by Gasteiger charge is 2.74. The van der Waals surface area contributed by atoms with Crippen molar-refractivity contribution in [2.75, 3.05) is 26.2 Å². The second-order valence-corrected chi connectivity index (χ2v) is 13.7. The number of fused-ring (bicyclic) bond motifs is 1. The second-order valence-electron chi connectivity index (χ2n) is 12.1. The molecule has 1 aromatic rings. The van der Waals surface area contributed by atoms with E-state index in [1.807, 2.05) is 49.1 Å². The molecular formula is C33H47N3O4S. The average Bonchev–Trinajstić information content (AvgIpc) is 3.60. The Labute approximate surface area is 250 Å². The van der Waals surface area contributed by atoms with Crippen molar-refractivity contribution >= 4 is 29.5 Å². The van der Waals surface area contributed by atoms with E-state index in [1.54, 1.807) is 33.7 Å². The lowest BCUT2D eigenvalue weighted by Crippen LogP contribution is -2.58. The van der Waals surface area contributed by atoms with Crippen LogP contribution < -0.4 is 0 Å². The first-order valence-electron chi connectivity index (χ1n) is 15.2. The molecule has 2 unspecified atom stereocenters. The van der Waals surface area contributed by atoms with Crippen LogP contribution in [0.2, 0.25) is 0 Å². The van der Waals surface area contributed by atoms with Gasteiger partial charge < -0.3 is 19.8 Å². The Morgan fingerprint density at radius 3 is 2.41 bits per heavy atom. The quantitative estimate of drug-likeness (QED) is 0.244. The van der Waals surface area contributed by atoms with Gasteiger partial charge in [0.05, 0.1) is 29.2 Å². The SMILES string of the molecule is C=CCN(CCCCC)C(=O)C1N([C@@H](CO)C(C)C)C(=O)[C@@H]2[C@H](C(=O)N(CC=C)Cc3ccccc3)[C@@H]3CCC12S3. The Kier molecular flexibility index (Phi) is 10.4. The Morgan fingerprint density at radius 1 is 1.12 bits per heavy atom. The summed E-state index contributed by atoms with van der Waals surface area (Å²) in [6.45, 7) is 15.5. The summed E-state index contributed by atoms with van der Waals surface area (Å²) in [6.07, 6.45) is 7.92. The first-order valence-corrected chi connectivity index (χ1v) is 16.1. The number of aliphatic hydroxyl groups is 1. The Balaban J connectivity index is 1.73. The molecule has 0 saturated carbocycles. The standard InChI is InChI=1S/C33H47N3O4S/c1-6-9-13-20-34(18-7-2)32(40)29-33-17-16-26(41-33)27(28(33)31(39)36(29)25(22-37)23(4)5)30(38)35(19-8-3)21-24-14-11-10-12-15-24/h7-8,10-12,14-15,23,25-29,37H,2-3,6,9,13,16-22H2,1,4-5H3/t25-,26-,27+,28-,29?,33?/m0/s1. The van der Waals surface area contributed by atoms with Crippen molar-refractivity contribution in [2.24, 2.45) is 17.8 Å². The number of likely N-dealkylation sites (tertiary alicyclic amines) is 1. The van der Waals surface area contributed by atoms with Gasteiger partial charge >= 0.3 is 0 Å². The predicted octanol–water partition coefficient (Wildman–Crippen LogP) is 4.51. The zero-order valence-corrected chi connectivity index (χ0v) is 25.7. The lowest BCUT2D eigenvalue weighted by Gasteiger charge is -2.40. The molecule has 224 valence electrons. The summed E-state index contributed by atoms with van der Waals surface area (Å²) in [5.41, 5.74) is 1.02. The summed E-state index contributed by atoms with van der Waals surface area (Å²) in [5, 5.41) is 10.5. The lowest BCUT2D eigenvalue weighted by molar-refractivity contribution is -0.148. The summed E-state index contributed by atoms with van der Waals surface area (Å²) in [5.74, 6) is -1.43. The number of thioether (sulfide) groups is 1. The summed E-state index contributed by atoms with van der Waals surface area (Å²) in [4.78, 5) is 48.6. The molecule has 1 aromatic carbocycles. The number of amides is 3. The highest BCUT2D eigenvalue weighted by molar-refractivity contribution is 8.02. The third-order valence-corrected chi connectivity index (χ3v) is 11.1. The number of unbranched alkanes of at least 4 members (excludes halogenated alkanes) is 2. The molecule has 3 fully saturated rings. The lowest BCUT2D eigenvalue weighted by atomic mass is 9.70. The van der Waals surface area contributed by atoms with Gasteiger partial charge in [-0.2, -0.15) is 0 Å². The summed E-state index contributed by atoms with van der Waals surface area (Å²) in [7, 11) is 0. The van der Waals surface area contributed by atoms with Crippen molar-refractivity contribution in [3.63, 3.8) is 0 Å². The van der Waals surface area contributed by atoms with Crippen LogP contribution in [0.1, 0.15) is 58.4 Å². The molecule has 7 nitrogen and oxygen atoms in total. The topological polar surface area (TPSA) is 81.2 Å². The molecule has 8 heteroatoms. The van der Waals surface area contributed by atoms with Gasteiger partial charge in [0.1, 0.15) is 6.04 Å². The number of rotatable bonds is 15. The van der Waals surface area contributed by atoms with Gasteiger partial charge in [-0.05, 0) is 30.7 Å². The summed E-state index contributed by atoms with van der Waals surface area (Å²) in [6, 6.07) is 8.65. The van der Waals surface area contributed by atoms with Crippen molar-refractivity contribution in [3.05, 3.63) is 61.2 Å². The number of carbonyl (C=O) groups is 3. The number of carbonyl (C=O) groups excluding carboxylic acids is 3. The molecule has 3 aliphatic rings. The molecule has 4 rings (SSSR count). The number of hydrogen-bond donors (Lipinski definition) is 1. The highest BCUT2D eigenvalue weighted by Crippen LogP contribution is 2.67. The van der Waals surface area contributed by atoms with Crippen LogP contribution in [0, 0.1) is 17.8 Å². The normalized spacial score (nSPS) is 27.1. The van der Waals surface area contributed by atoms with Crippen LogP contribution in [0.3, 0.4) is 0 Å². The Hall–Kier alpha value is -2.58. The molecular weight excluding hydrogens is 534 g/mol. The maximum atomic E-state index is 14.5. The van der Waals surface area contributed by atoms with E-state index in [1.165, 1.54) is 0 Å². The fourth-order valence-electron chi connectivity index (χ4n) is 7.21. The van der Waals surface area contributed by atoms with Gasteiger partial charge in [0, 0.05) is 31.4 Å². The third-order valence-electron chi connectivity index (χ3n) is 9.14. The molecule has 0 aliphatic carbocycles. The molecule has 1 spiro atoms.